The maximum atomic E-state index is 4.73. The van der Waals surface area contributed by atoms with E-state index in [0.717, 1.165) is 31.4 Å². The van der Waals surface area contributed by atoms with Crippen molar-refractivity contribution in [3.8, 4) is 0 Å². The third-order valence-corrected chi connectivity index (χ3v) is 5.13. The SMILES string of the molecule is CCNC(=NCCc1ncc(C)s1)NC1CCN(CC(C)C)CC1.I. The zero-order valence-corrected chi connectivity index (χ0v) is 19.2. The molecule has 144 valence electrons. The molecule has 7 heteroatoms. The molecule has 1 aromatic heterocycles. The highest BCUT2D eigenvalue weighted by Gasteiger charge is 2.20. The number of piperidine rings is 1. The molecule has 2 heterocycles. The summed E-state index contributed by atoms with van der Waals surface area (Å²) in [4.78, 5) is 13.0. The first-order chi connectivity index (χ1) is 11.6. The van der Waals surface area contributed by atoms with Crippen LogP contribution < -0.4 is 10.6 Å². The van der Waals surface area contributed by atoms with Gasteiger partial charge in [-0.1, -0.05) is 13.8 Å². The highest BCUT2D eigenvalue weighted by molar-refractivity contribution is 14.0. The van der Waals surface area contributed by atoms with Gasteiger partial charge in [0.25, 0.3) is 0 Å². The van der Waals surface area contributed by atoms with Gasteiger partial charge in [0.15, 0.2) is 5.96 Å². The van der Waals surface area contributed by atoms with Crippen LogP contribution in [0.2, 0.25) is 0 Å². The van der Waals surface area contributed by atoms with Gasteiger partial charge in [-0.15, -0.1) is 35.3 Å². The van der Waals surface area contributed by atoms with Gasteiger partial charge in [-0.25, -0.2) is 4.98 Å². The highest BCUT2D eigenvalue weighted by atomic mass is 127. The molecule has 1 saturated heterocycles. The van der Waals surface area contributed by atoms with E-state index in [-0.39, 0.29) is 24.0 Å². The number of aromatic nitrogens is 1. The molecule has 1 aliphatic heterocycles. The Morgan fingerprint density at radius 1 is 1.40 bits per heavy atom. The standard InChI is InChI=1S/C18H33N5S.HI/c1-5-19-18(20-9-6-17-21-12-15(4)24-17)22-16-7-10-23(11-8-16)13-14(2)3;/h12,14,16H,5-11,13H2,1-4H3,(H2,19,20,22);1H. The number of guanidine groups is 1. The maximum Gasteiger partial charge on any atom is 0.191 e. The van der Waals surface area contributed by atoms with E-state index in [0.29, 0.717) is 6.04 Å². The van der Waals surface area contributed by atoms with Crippen molar-refractivity contribution in [3.63, 3.8) is 0 Å². The summed E-state index contributed by atoms with van der Waals surface area (Å²) in [5.74, 6) is 1.70. The van der Waals surface area contributed by atoms with E-state index < -0.39 is 0 Å². The van der Waals surface area contributed by atoms with E-state index in [1.165, 1.54) is 42.4 Å². The van der Waals surface area contributed by atoms with Crippen molar-refractivity contribution in [2.75, 3.05) is 32.7 Å². The lowest BCUT2D eigenvalue weighted by atomic mass is 10.0. The van der Waals surface area contributed by atoms with Gasteiger partial charge in [0.2, 0.25) is 0 Å². The van der Waals surface area contributed by atoms with Crippen molar-refractivity contribution in [1.82, 2.24) is 20.5 Å². The minimum atomic E-state index is 0. The Labute approximate surface area is 174 Å². The number of aryl methyl sites for hydroxylation is 1. The minimum absolute atomic E-state index is 0. The van der Waals surface area contributed by atoms with Crippen LogP contribution in [0.5, 0.6) is 0 Å². The molecular formula is C18H34IN5S. The summed E-state index contributed by atoms with van der Waals surface area (Å²) in [5.41, 5.74) is 0. The van der Waals surface area contributed by atoms with E-state index >= 15 is 0 Å². The Morgan fingerprint density at radius 3 is 2.68 bits per heavy atom. The molecule has 5 nitrogen and oxygen atoms in total. The maximum absolute atomic E-state index is 4.73. The number of hydrogen-bond acceptors (Lipinski definition) is 4. The van der Waals surface area contributed by atoms with Crippen LogP contribution in [0.15, 0.2) is 11.2 Å². The summed E-state index contributed by atoms with van der Waals surface area (Å²) in [7, 11) is 0. The second-order valence-electron chi connectivity index (χ2n) is 6.99. The molecule has 1 fully saturated rings. The summed E-state index contributed by atoms with van der Waals surface area (Å²) in [6, 6.07) is 0.535. The third kappa shape index (κ3) is 8.68. The van der Waals surface area contributed by atoms with Gasteiger partial charge in [0.1, 0.15) is 0 Å². The topological polar surface area (TPSA) is 52.6 Å². The average molecular weight is 479 g/mol. The smallest absolute Gasteiger partial charge is 0.191 e. The summed E-state index contributed by atoms with van der Waals surface area (Å²) < 4.78 is 0. The highest BCUT2D eigenvalue weighted by Crippen LogP contribution is 2.13. The predicted molar refractivity (Wildman–Crippen MR) is 119 cm³/mol. The van der Waals surface area contributed by atoms with Crippen LogP contribution in [-0.2, 0) is 6.42 Å². The molecule has 0 radical (unpaired) electrons. The minimum Gasteiger partial charge on any atom is -0.357 e. The Hall–Kier alpha value is -0.410. The number of aliphatic imine (C=N–C) groups is 1. The molecule has 0 saturated carbocycles. The van der Waals surface area contributed by atoms with Gasteiger partial charge in [-0.05, 0) is 32.6 Å². The van der Waals surface area contributed by atoms with Gasteiger partial charge in [0, 0.05) is 56.3 Å². The zero-order chi connectivity index (χ0) is 17.4. The summed E-state index contributed by atoms with van der Waals surface area (Å²) >= 11 is 1.77. The molecule has 0 unspecified atom stereocenters. The Balaban J connectivity index is 0.00000312. The van der Waals surface area contributed by atoms with Crippen LogP contribution in [0.4, 0.5) is 0 Å². The Morgan fingerprint density at radius 2 is 2.12 bits per heavy atom. The molecule has 0 bridgehead atoms. The van der Waals surface area contributed by atoms with Crippen molar-refractivity contribution in [2.24, 2.45) is 10.9 Å². The number of halogens is 1. The van der Waals surface area contributed by atoms with Gasteiger partial charge < -0.3 is 15.5 Å². The first-order valence-corrected chi connectivity index (χ1v) is 10.1. The second kappa shape index (κ2) is 12.1. The molecule has 0 atom stereocenters. The van der Waals surface area contributed by atoms with Crippen molar-refractivity contribution < 1.29 is 0 Å². The van der Waals surface area contributed by atoms with E-state index in [1.807, 2.05) is 6.20 Å². The molecule has 2 rings (SSSR count). The summed E-state index contributed by atoms with van der Waals surface area (Å²) in [6.07, 6.45) is 5.26. The largest absolute Gasteiger partial charge is 0.357 e. The third-order valence-electron chi connectivity index (χ3n) is 4.16. The van der Waals surface area contributed by atoms with E-state index in [9.17, 15) is 0 Å². The van der Waals surface area contributed by atoms with Gasteiger partial charge in [0.05, 0.1) is 5.01 Å². The normalized spacial score (nSPS) is 16.8. The summed E-state index contributed by atoms with van der Waals surface area (Å²) in [5, 5.41) is 8.17. The molecule has 1 aliphatic rings. The van der Waals surface area contributed by atoms with Crippen molar-refractivity contribution in [1.29, 1.82) is 0 Å². The van der Waals surface area contributed by atoms with Crippen LogP contribution >= 0.6 is 35.3 Å². The van der Waals surface area contributed by atoms with Crippen molar-refractivity contribution in [3.05, 3.63) is 16.1 Å². The molecule has 0 amide bonds. The molecule has 25 heavy (non-hydrogen) atoms. The second-order valence-corrected chi connectivity index (χ2v) is 8.31. The molecule has 1 aromatic rings. The average Bonchev–Trinajstić information content (AvgIpc) is 2.94. The monoisotopic (exact) mass is 479 g/mol. The fourth-order valence-corrected chi connectivity index (χ4v) is 3.85. The van der Waals surface area contributed by atoms with E-state index in [4.69, 9.17) is 4.99 Å². The number of likely N-dealkylation sites (tertiary alicyclic amines) is 1. The number of thiazole rings is 1. The number of rotatable bonds is 7. The van der Waals surface area contributed by atoms with Crippen LogP contribution in [0.1, 0.15) is 43.5 Å². The van der Waals surface area contributed by atoms with E-state index in [1.54, 1.807) is 11.3 Å². The molecular weight excluding hydrogens is 445 g/mol. The molecule has 2 N–H and O–H groups in total. The van der Waals surface area contributed by atoms with Gasteiger partial charge in [-0.3, -0.25) is 4.99 Å². The zero-order valence-electron chi connectivity index (χ0n) is 16.0. The number of nitrogens with zero attached hydrogens (tertiary/aromatic N) is 3. The molecule has 0 aromatic carbocycles. The Bertz CT molecular complexity index is 509. The Kier molecular flexibility index (Phi) is 10.9. The first kappa shape index (κ1) is 22.6. The van der Waals surface area contributed by atoms with Gasteiger partial charge in [-0.2, -0.15) is 0 Å². The summed E-state index contributed by atoms with van der Waals surface area (Å²) in [6.45, 7) is 14.1. The number of hydrogen-bond donors (Lipinski definition) is 2. The van der Waals surface area contributed by atoms with Gasteiger partial charge >= 0.3 is 0 Å². The quantitative estimate of drug-likeness (QED) is 0.358. The van der Waals surface area contributed by atoms with E-state index in [2.05, 4.69) is 48.2 Å². The van der Waals surface area contributed by atoms with Crippen LogP contribution in [0.25, 0.3) is 0 Å². The fraction of sp³-hybridized carbons (Fsp3) is 0.778. The van der Waals surface area contributed by atoms with Crippen LogP contribution in [-0.4, -0.2) is 54.6 Å². The fourth-order valence-electron chi connectivity index (χ4n) is 3.07. The lowest BCUT2D eigenvalue weighted by Gasteiger charge is -2.34. The predicted octanol–water partition coefficient (Wildman–Crippen LogP) is 3.29. The molecule has 0 spiro atoms. The first-order valence-electron chi connectivity index (χ1n) is 9.25. The lowest BCUT2D eigenvalue weighted by Crippen LogP contribution is -2.49. The van der Waals surface area contributed by atoms with Crippen molar-refractivity contribution in [2.45, 2.75) is 53.0 Å². The number of nitrogens with one attached hydrogen (secondary N) is 2. The van der Waals surface area contributed by atoms with Crippen LogP contribution in [0.3, 0.4) is 0 Å². The molecule has 0 aliphatic carbocycles. The lowest BCUT2D eigenvalue weighted by molar-refractivity contribution is 0.187. The van der Waals surface area contributed by atoms with Crippen molar-refractivity contribution >= 4 is 41.3 Å². The van der Waals surface area contributed by atoms with Crippen LogP contribution in [0, 0.1) is 12.8 Å².